The molecule has 0 aliphatic carbocycles. The van der Waals surface area contributed by atoms with Gasteiger partial charge in [-0.05, 0) is 13.8 Å². The molecular formula is C11H12N4O. The Morgan fingerprint density at radius 3 is 2.50 bits per heavy atom. The molecule has 0 radical (unpaired) electrons. The maximum absolute atomic E-state index is 12.2. The van der Waals surface area contributed by atoms with Crippen LogP contribution in [0.25, 0.3) is 0 Å². The number of benzene rings is 1. The first kappa shape index (κ1) is 10.5. The van der Waals surface area contributed by atoms with E-state index in [1.807, 2.05) is 18.2 Å². The molecule has 1 N–H and O–H groups in total. The molecule has 0 fully saturated rings. The molecule has 0 unspecified atom stereocenters. The molecule has 5 heteroatoms. The molecule has 0 bridgehead atoms. The summed E-state index contributed by atoms with van der Waals surface area (Å²) < 4.78 is 0. The number of aromatic nitrogens is 4. The Labute approximate surface area is 92.9 Å². The van der Waals surface area contributed by atoms with Gasteiger partial charge in [-0.25, -0.2) is 0 Å². The number of hydrogen-bond acceptors (Lipinski definition) is 4. The van der Waals surface area contributed by atoms with E-state index in [4.69, 9.17) is 0 Å². The number of tetrazole rings is 1. The third-order valence-corrected chi connectivity index (χ3v) is 2.51. The fourth-order valence-electron chi connectivity index (χ4n) is 1.48. The van der Waals surface area contributed by atoms with Gasteiger partial charge in [0.15, 0.2) is 11.6 Å². The van der Waals surface area contributed by atoms with Crippen LogP contribution in [-0.2, 0) is 5.41 Å². The van der Waals surface area contributed by atoms with Crippen molar-refractivity contribution in [1.82, 2.24) is 20.6 Å². The van der Waals surface area contributed by atoms with Crippen LogP contribution in [-0.4, -0.2) is 26.4 Å². The van der Waals surface area contributed by atoms with Crippen molar-refractivity contribution in [3.8, 4) is 0 Å². The molecule has 1 aromatic heterocycles. The Morgan fingerprint density at radius 2 is 1.94 bits per heavy atom. The Bertz CT molecular complexity index is 476. The number of aromatic amines is 1. The van der Waals surface area contributed by atoms with Crippen molar-refractivity contribution in [2.45, 2.75) is 19.3 Å². The maximum Gasteiger partial charge on any atom is 0.187 e. The standard InChI is InChI=1S/C11H12N4O/c1-11(2,10-12-14-15-13-10)9(16)8-6-4-3-5-7-8/h3-7H,1-2H3,(H,12,13,14,15). The molecule has 82 valence electrons. The number of nitrogens with one attached hydrogen (secondary N) is 1. The Morgan fingerprint density at radius 1 is 1.25 bits per heavy atom. The van der Waals surface area contributed by atoms with Crippen molar-refractivity contribution in [1.29, 1.82) is 0 Å². The second-order valence-corrected chi connectivity index (χ2v) is 4.06. The van der Waals surface area contributed by atoms with Crippen molar-refractivity contribution in [3.63, 3.8) is 0 Å². The average molecular weight is 216 g/mol. The van der Waals surface area contributed by atoms with Gasteiger partial charge in [-0.15, -0.1) is 10.2 Å². The van der Waals surface area contributed by atoms with Crippen LogP contribution in [0.5, 0.6) is 0 Å². The normalized spacial score (nSPS) is 11.4. The summed E-state index contributed by atoms with van der Waals surface area (Å²) in [7, 11) is 0. The maximum atomic E-state index is 12.2. The first-order chi connectivity index (χ1) is 7.62. The summed E-state index contributed by atoms with van der Waals surface area (Å²) in [5.41, 5.74) is -0.119. The second-order valence-electron chi connectivity index (χ2n) is 4.06. The minimum Gasteiger partial charge on any atom is -0.293 e. The van der Waals surface area contributed by atoms with E-state index in [2.05, 4.69) is 20.6 Å². The Hall–Kier alpha value is -2.04. The zero-order chi connectivity index (χ0) is 11.6. The zero-order valence-corrected chi connectivity index (χ0v) is 9.14. The van der Waals surface area contributed by atoms with Gasteiger partial charge in [0.05, 0.1) is 5.41 Å². The van der Waals surface area contributed by atoms with Gasteiger partial charge in [-0.3, -0.25) is 4.79 Å². The lowest BCUT2D eigenvalue weighted by molar-refractivity contribution is 0.0902. The molecule has 1 aromatic carbocycles. The molecule has 5 nitrogen and oxygen atoms in total. The van der Waals surface area contributed by atoms with E-state index in [-0.39, 0.29) is 5.78 Å². The minimum absolute atomic E-state index is 0.0190. The summed E-state index contributed by atoms with van der Waals surface area (Å²) in [5.74, 6) is 0.385. The van der Waals surface area contributed by atoms with Crippen LogP contribution >= 0.6 is 0 Å². The Kier molecular flexibility index (Phi) is 2.52. The monoisotopic (exact) mass is 216 g/mol. The smallest absolute Gasteiger partial charge is 0.187 e. The average Bonchev–Trinajstić information content (AvgIpc) is 2.83. The highest BCUT2D eigenvalue weighted by Gasteiger charge is 2.34. The van der Waals surface area contributed by atoms with E-state index in [0.29, 0.717) is 11.4 Å². The largest absolute Gasteiger partial charge is 0.293 e. The molecule has 1 heterocycles. The highest BCUT2D eigenvalue weighted by atomic mass is 16.1. The van der Waals surface area contributed by atoms with Crippen molar-refractivity contribution < 1.29 is 4.79 Å². The van der Waals surface area contributed by atoms with Gasteiger partial charge in [0.2, 0.25) is 0 Å². The van der Waals surface area contributed by atoms with Gasteiger partial charge < -0.3 is 0 Å². The fraction of sp³-hybridized carbons (Fsp3) is 0.273. The van der Waals surface area contributed by atoms with E-state index in [0.717, 1.165) is 0 Å². The van der Waals surface area contributed by atoms with Crippen molar-refractivity contribution in [2.24, 2.45) is 0 Å². The lowest BCUT2D eigenvalue weighted by Crippen LogP contribution is -2.30. The fourth-order valence-corrected chi connectivity index (χ4v) is 1.48. The Balaban J connectivity index is 2.36. The molecule has 2 aromatic rings. The predicted octanol–water partition coefficient (Wildman–Crippen LogP) is 1.36. The highest BCUT2D eigenvalue weighted by Crippen LogP contribution is 2.23. The number of ketones is 1. The summed E-state index contributed by atoms with van der Waals surface area (Å²) in [5, 5.41) is 13.6. The zero-order valence-electron chi connectivity index (χ0n) is 9.14. The third-order valence-electron chi connectivity index (χ3n) is 2.51. The van der Waals surface area contributed by atoms with Crippen LogP contribution in [0.4, 0.5) is 0 Å². The van der Waals surface area contributed by atoms with Crippen LogP contribution in [0.1, 0.15) is 30.0 Å². The van der Waals surface area contributed by atoms with E-state index < -0.39 is 5.41 Å². The molecule has 0 spiro atoms. The summed E-state index contributed by atoms with van der Waals surface area (Å²) in [6.07, 6.45) is 0. The molecule has 0 amide bonds. The van der Waals surface area contributed by atoms with Gasteiger partial charge in [-0.2, -0.15) is 5.21 Å². The molecule has 0 saturated heterocycles. The van der Waals surface area contributed by atoms with Gasteiger partial charge in [0.25, 0.3) is 0 Å². The number of carbonyl (C=O) groups excluding carboxylic acids is 1. The minimum atomic E-state index is -0.769. The van der Waals surface area contributed by atoms with Gasteiger partial charge in [-0.1, -0.05) is 35.5 Å². The third kappa shape index (κ3) is 1.71. The SMILES string of the molecule is CC(C)(C(=O)c1ccccc1)c1nn[nH]n1. The molecule has 2 rings (SSSR count). The topological polar surface area (TPSA) is 71.5 Å². The molecule has 0 atom stereocenters. The lowest BCUT2D eigenvalue weighted by Gasteiger charge is -2.18. The van der Waals surface area contributed by atoms with E-state index in [1.54, 1.807) is 26.0 Å². The van der Waals surface area contributed by atoms with Crippen molar-refractivity contribution in [2.75, 3.05) is 0 Å². The van der Waals surface area contributed by atoms with Crippen LogP contribution < -0.4 is 0 Å². The number of nitrogens with zero attached hydrogens (tertiary/aromatic N) is 3. The molecule has 0 aliphatic rings. The number of Topliss-reactive ketones (excluding diaryl/α,β-unsaturated/α-hetero) is 1. The number of H-pyrrole nitrogens is 1. The number of carbonyl (C=O) groups is 1. The number of hydrogen-bond donors (Lipinski definition) is 1. The summed E-state index contributed by atoms with van der Waals surface area (Å²) in [4.78, 5) is 12.2. The van der Waals surface area contributed by atoms with Crippen molar-refractivity contribution in [3.05, 3.63) is 41.7 Å². The molecule has 16 heavy (non-hydrogen) atoms. The highest BCUT2D eigenvalue weighted by molar-refractivity contribution is 6.02. The first-order valence-corrected chi connectivity index (χ1v) is 4.96. The lowest BCUT2D eigenvalue weighted by atomic mass is 9.83. The van der Waals surface area contributed by atoms with Crippen LogP contribution in [0.15, 0.2) is 30.3 Å². The predicted molar refractivity (Wildman–Crippen MR) is 58.0 cm³/mol. The van der Waals surface area contributed by atoms with Crippen molar-refractivity contribution >= 4 is 5.78 Å². The summed E-state index contributed by atoms with van der Waals surface area (Å²) in [6.45, 7) is 3.57. The molecular weight excluding hydrogens is 204 g/mol. The van der Waals surface area contributed by atoms with Crippen LogP contribution in [0.2, 0.25) is 0 Å². The van der Waals surface area contributed by atoms with Gasteiger partial charge in [0.1, 0.15) is 0 Å². The number of rotatable bonds is 3. The van der Waals surface area contributed by atoms with Gasteiger partial charge in [0, 0.05) is 5.56 Å². The summed E-state index contributed by atoms with van der Waals surface area (Å²) >= 11 is 0. The van der Waals surface area contributed by atoms with Gasteiger partial charge >= 0.3 is 0 Å². The van der Waals surface area contributed by atoms with Crippen LogP contribution in [0, 0.1) is 0 Å². The van der Waals surface area contributed by atoms with Crippen LogP contribution in [0.3, 0.4) is 0 Å². The summed E-state index contributed by atoms with van der Waals surface area (Å²) in [6, 6.07) is 9.10. The van der Waals surface area contributed by atoms with E-state index >= 15 is 0 Å². The first-order valence-electron chi connectivity index (χ1n) is 4.96. The molecule has 0 saturated carbocycles. The second kappa shape index (κ2) is 3.84. The van der Waals surface area contributed by atoms with E-state index in [9.17, 15) is 4.79 Å². The molecule has 0 aliphatic heterocycles. The quantitative estimate of drug-likeness (QED) is 0.786. The van der Waals surface area contributed by atoms with E-state index in [1.165, 1.54) is 0 Å².